The minimum atomic E-state index is -1.50. The molecule has 0 saturated heterocycles. The monoisotopic (exact) mass is 311 g/mol. The van der Waals surface area contributed by atoms with Crippen LogP contribution in [-0.4, -0.2) is 25.8 Å². The predicted octanol–water partition coefficient (Wildman–Crippen LogP) is 0.381. The van der Waals surface area contributed by atoms with Crippen molar-refractivity contribution in [3.05, 3.63) is 55.3 Å². The average molecular weight is 312 g/mol. The van der Waals surface area contributed by atoms with Gasteiger partial charge >= 0.3 is 11.7 Å². The number of benzene rings is 1. The van der Waals surface area contributed by atoms with Crippen molar-refractivity contribution < 1.29 is 9.90 Å². The fraction of sp³-hybridized carbons (Fsp3) is 0. The molecular formula is C10H6BrN3O4. The Morgan fingerprint density at radius 3 is 2.44 bits per heavy atom. The van der Waals surface area contributed by atoms with Gasteiger partial charge in [-0.25, -0.2) is 9.59 Å². The largest absolute Gasteiger partial charge is 0.476 e. The van der Waals surface area contributed by atoms with Crippen molar-refractivity contribution >= 4 is 21.9 Å². The van der Waals surface area contributed by atoms with Crippen LogP contribution in [0.25, 0.3) is 5.69 Å². The van der Waals surface area contributed by atoms with E-state index >= 15 is 0 Å². The fourth-order valence-electron chi connectivity index (χ4n) is 1.30. The number of hydrogen-bond acceptors (Lipinski definition) is 4. The van der Waals surface area contributed by atoms with E-state index in [0.717, 1.165) is 9.15 Å². The maximum absolute atomic E-state index is 11.5. The molecule has 0 fully saturated rings. The Bertz CT molecular complexity index is 717. The number of hydrogen-bond donors (Lipinski definition) is 2. The lowest BCUT2D eigenvalue weighted by atomic mass is 10.3. The van der Waals surface area contributed by atoms with Crippen molar-refractivity contribution in [1.82, 2.24) is 14.8 Å². The van der Waals surface area contributed by atoms with Crippen LogP contribution in [0.1, 0.15) is 10.5 Å². The molecule has 1 heterocycles. The number of carboxylic acid groups (broad SMARTS) is 1. The molecular weight excluding hydrogens is 306 g/mol. The van der Waals surface area contributed by atoms with Gasteiger partial charge in [0, 0.05) is 4.47 Å². The lowest BCUT2D eigenvalue weighted by Gasteiger charge is -2.04. The van der Waals surface area contributed by atoms with Crippen molar-refractivity contribution in [2.45, 2.75) is 0 Å². The van der Waals surface area contributed by atoms with E-state index in [0.29, 0.717) is 5.69 Å². The van der Waals surface area contributed by atoms with E-state index in [2.05, 4.69) is 21.0 Å². The van der Waals surface area contributed by atoms with Gasteiger partial charge in [0.25, 0.3) is 5.56 Å². The summed E-state index contributed by atoms with van der Waals surface area (Å²) in [6, 6.07) is 6.44. The highest BCUT2D eigenvalue weighted by Crippen LogP contribution is 2.11. The van der Waals surface area contributed by atoms with E-state index < -0.39 is 22.9 Å². The first-order valence-corrected chi connectivity index (χ1v) is 5.51. The molecule has 0 radical (unpaired) electrons. The molecule has 2 N–H and O–H groups in total. The third-order valence-electron chi connectivity index (χ3n) is 2.10. The molecule has 0 saturated carbocycles. The maximum atomic E-state index is 11.5. The molecule has 8 heteroatoms. The van der Waals surface area contributed by atoms with Gasteiger partial charge in [0.1, 0.15) is 0 Å². The quantitative estimate of drug-likeness (QED) is 0.834. The van der Waals surface area contributed by atoms with Crippen LogP contribution in [0.15, 0.2) is 38.3 Å². The Hall–Kier alpha value is -2.22. The SMILES string of the molecule is O=C(O)c1nn(-c2ccc(Br)cc2)c(=O)[nH]c1=O. The first kappa shape index (κ1) is 12.2. The minimum absolute atomic E-state index is 0.349. The summed E-state index contributed by atoms with van der Waals surface area (Å²) in [4.78, 5) is 35.4. The molecule has 92 valence electrons. The van der Waals surface area contributed by atoms with E-state index in [9.17, 15) is 14.4 Å². The molecule has 0 unspecified atom stereocenters. The molecule has 0 aliphatic heterocycles. The Morgan fingerprint density at radius 2 is 1.89 bits per heavy atom. The molecule has 18 heavy (non-hydrogen) atoms. The summed E-state index contributed by atoms with van der Waals surface area (Å²) in [7, 11) is 0. The molecule has 0 spiro atoms. The molecule has 7 nitrogen and oxygen atoms in total. The molecule has 0 atom stereocenters. The Kier molecular flexibility index (Phi) is 3.11. The van der Waals surface area contributed by atoms with E-state index in [1.54, 1.807) is 24.3 Å². The molecule has 2 aromatic rings. The molecule has 0 amide bonds. The number of carboxylic acids is 1. The van der Waals surface area contributed by atoms with Crippen molar-refractivity contribution in [1.29, 1.82) is 0 Å². The van der Waals surface area contributed by atoms with Crippen LogP contribution in [0.2, 0.25) is 0 Å². The summed E-state index contributed by atoms with van der Waals surface area (Å²) in [6.07, 6.45) is 0. The predicted molar refractivity (Wildman–Crippen MR) is 65.1 cm³/mol. The second-order valence-corrected chi connectivity index (χ2v) is 4.22. The zero-order valence-corrected chi connectivity index (χ0v) is 10.3. The van der Waals surface area contributed by atoms with Crippen LogP contribution in [0.3, 0.4) is 0 Å². The van der Waals surface area contributed by atoms with Gasteiger partial charge in [-0.2, -0.15) is 9.78 Å². The summed E-state index contributed by atoms with van der Waals surface area (Å²) < 4.78 is 1.61. The normalized spacial score (nSPS) is 10.3. The highest BCUT2D eigenvalue weighted by Gasteiger charge is 2.14. The first-order chi connectivity index (χ1) is 8.49. The summed E-state index contributed by atoms with van der Waals surface area (Å²) in [6.45, 7) is 0. The van der Waals surface area contributed by atoms with Crippen LogP contribution >= 0.6 is 15.9 Å². The van der Waals surface area contributed by atoms with Crippen molar-refractivity contribution in [3.63, 3.8) is 0 Å². The lowest BCUT2D eigenvalue weighted by Crippen LogP contribution is -2.35. The minimum Gasteiger partial charge on any atom is -0.476 e. The Balaban J connectivity index is 2.68. The number of nitrogens with one attached hydrogen (secondary N) is 1. The molecule has 0 aliphatic carbocycles. The Labute approximate surface area is 108 Å². The van der Waals surface area contributed by atoms with E-state index in [1.807, 2.05) is 4.98 Å². The number of H-pyrrole nitrogens is 1. The highest BCUT2D eigenvalue weighted by molar-refractivity contribution is 9.10. The van der Waals surface area contributed by atoms with E-state index in [-0.39, 0.29) is 0 Å². The van der Waals surface area contributed by atoms with Gasteiger partial charge in [0.2, 0.25) is 5.69 Å². The van der Waals surface area contributed by atoms with Crippen LogP contribution in [0, 0.1) is 0 Å². The summed E-state index contributed by atoms with van der Waals surface area (Å²) in [5, 5.41) is 12.3. The highest BCUT2D eigenvalue weighted by atomic mass is 79.9. The molecule has 0 aliphatic rings. The standard InChI is InChI=1S/C10H6BrN3O4/c11-5-1-3-6(4-2-5)14-10(18)12-8(15)7(13-14)9(16)17/h1-4H,(H,16,17)(H,12,15,18). The van der Waals surface area contributed by atoms with E-state index in [1.165, 1.54) is 0 Å². The van der Waals surface area contributed by atoms with Crippen molar-refractivity contribution in [3.8, 4) is 5.69 Å². The van der Waals surface area contributed by atoms with Crippen LogP contribution < -0.4 is 11.2 Å². The van der Waals surface area contributed by atoms with Gasteiger partial charge in [-0.3, -0.25) is 9.78 Å². The smallest absolute Gasteiger partial charge is 0.362 e. The number of halogens is 1. The molecule has 2 rings (SSSR count). The topological polar surface area (TPSA) is 105 Å². The molecule has 1 aromatic heterocycles. The van der Waals surface area contributed by atoms with Gasteiger partial charge in [-0.1, -0.05) is 15.9 Å². The first-order valence-electron chi connectivity index (χ1n) is 4.72. The number of aromatic carboxylic acids is 1. The summed E-state index contributed by atoms with van der Waals surface area (Å²) in [5.41, 5.74) is -2.22. The molecule has 1 aromatic carbocycles. The summed E-state index contributed by atoms with van der Waals surface area (Å²) in [5.74, 6) is -1.50. The van der Waals surface area contributed by atoms with Gasteiger partial charge < -0.3 is 5.11 Å². The second kappa shape index (κ2) is 4.57. The third kappa shape index (κ3) is 2.23. The van der Waals surface area contributed by atoms with Crippen LogP contribution in [0.4, 0.5) is 0 Å². The van der Waals surface area contributed by atoms with Crippen molar-refractivity contribution in [2.75, 3.05) is 0 Å². The third-order valence-corrected chi connectivity index (χ3v) is 2.63. The number of carbonyl (C=O) groups is 1. The van der Waals surface area contributed by atoms with Gasteiger partial charge in [-0.15, -0.1) is 0 Å². The van der Waals surface area contributed by atoms with Gasteiger partial charge in [-0.05, 0) is 24.3 Å². The maximum Gasteiger partial charge on any atom is 0.362 e. The molecule has 0 bridgehead atoms. The summed E-state index contributed by atoms with van der Waals surface area (Å²) >= 11 is 3.23. The zero-order valence-electron chi connectivity index (χ0n) is 8.75. The van der Waals surface area contributed by atoms with E-state index in [4.69, 9.17) is 5.11 Å². The number of rotatable bonds is 2. The van der Waals surface area contributed by atoms with Gasteiger partial charge in [0.05, 0.1) is 5.69 Å². The number of nitrogens with zero attached hydrogens (tertiary/aromatic N) is 2. The fourth-order valence-corrected chi connectivity index (χ4v) is 1.56. The second-order valence-electron chi connectivity index (χ2n) is 3.30. The lowest BCUT2D eigenvalue weighted by molar-refractivity contribution is 0.0685. The zero-order chi connectivity index (χ0) is 13.3. The van der Waals surface area contributed by atoms with Crippen LogP contribution in [0.5, 0.6) is 0 Å². The van der Waals surface area contributed by atoms with Crippen molar-refractivity contribution in [2.24, 2.45) is 0 Å². The van der Waals surface area contributed by atoms with Crippen LogP contribution in [-0.2, 0) is 0 Å². The Morgan fingerprint density at radius 1 is 1.28 bits per heavy atom. The average Bonchev–Trinajstić information content (AvgIpc) is 2.30. The van der Waals surface area contributed by atoms with Gasteiger partial charge in [0.15, 0.2) is 0 Å². The number of aromatic amines is 1. The number of aromatic nitrogens is 3.